The predicted molar refractivity (Wildman–Crippen MR) is 67.9 cm³/mol. The number of furan rings is 1. The number of halogens is 6. The van der Waals surface area contributed by atoms with Crippen molar-refractivity contribution in [3.8, 4) is 0 Å². The van der Waals surface area contributed by atoms with Crippen LogP contribution in [0, 0.1) is 0 Å². The van der Waals surface area contributed by atoms with Crippen LogP contribution in [0.3, 0.4) is 0 Å². The minimum atomic E-state index is -3.69. The maximum absolute atomic E-state index is 10.4. The van der Waals surface area contributed by atoms with Gasteiger partial charge in [-0.15, -0.1) is 0 Å². The van der Waals surface area contributed by atoms with Crippen molar-refractivity contribution in [2.75, 3.05) is 0 Å². The van der Waals surface area contributed by atoms with Crippen LogP contribution >= 0.6 is 70.3 Å². The molecule has 0 aliphatic carbocycles. The Bertz CT molecular complexity index is 386. The van der Waals surface area contributed by atoms with Crippen molar-refractivity contribution in [3.05, 3.63) is 18.4 Å². The average molecular weight is 375 g/mol. The third-order valence-corrected chi connectivity index (χ3v) is 1.90. The third kappa shape index (κ3) is 13.3. The Labute approximate surface area is 115 Å². The van der Waals surface area contributed by atoms with Crippen molar-refractivity contribution in [2.24, 2.45) is 0 Å². The minimum Gasteiger partial charge on any atom is -0.452 e. The molecule has 0 radical (unpaired) electrons. The average Bonchev–Trinajstić information content (AvgIpc) is 2.26. The third-order valence-electron chi connectivity index (χ3n) is 0.735. The van der Waals surface area contributed by atoms with Crippen LogP contribution < -0.4 is 0 Å². The summed E-state index contributed by atoms with van der Waals surface area (Å²) >= 11 is 24.9. The number of hydrogen-bond donors (Lipinski definition) is 0. The molecule has 0 bridgehead atoms. The van der Waals surface area contributed by atoms with Gasteiger partial charge in [0.05, 0.1) is 6.26 Å². The summed E-state index contributed by atoms with van der Waals surface area (Å²) < 4.78 is 21.5. The summed E-state index contributed by atoms with van der Waals surface area (Å²) in [5, 5.41) is -0.218. The molecule has 1 heterocycles. The van der Waals surface area contributed by atoms with Gasteiger partial charge in [0.2, 0.25) is 5.09 Å². The van der Waals surface area contributed by atoms with Crippen LogP contribution in [0.5, 0.6) is 0 Å². The Hall–Kier alpha value is 1.40. The second kappa shape index (κ2) is 5.36. The maximum Gasteiger partial charge on any atom is 0.294 e. The zero-order chi connectivity index (χ0) is 12.4. The summed E-state index contributed by atoms with van der Waals surface area (Å²) in [5.41, 5.74) is 0. The molecule has 0 fully saturated rings. The van der Waals surface area contributed by atoms with Gasteiger partial charge < -0.3 is 4.42 Å². The molecule has 0 amide bonds. The van der Waals surface area contributed by atoms with E-state index in [1.165, 1.54) is 18.4 Å². The molecule has 11 heteroatoms. The largest absolute Gasteiger partial charge is 0.452 e. The summed E-state index contributed by atoms with van der Waals surface area (Å²) in [5.74, 6) is 0. The van der Waals surface area contributed by atoms with Crippen molar-refractivity contribution in [1.29, 1.82) is 0 Å². The molecule has 0 saturated heterocycles. The predicted octanol–water partition coefficient (Wildman–Crippen LogP) is 5.52. The Kier molecular flexibility index (Phi) is 5.86. The van der Waals surface area contributed by atoms with Gasteiger partial charge in [0.15, 0.2) is 0 Å². The summed E-state index contributed by atoms with van der Waals surface area (Å²) in [6.07, 6.45) is 1.25. The normalized spacial score (nSPS) is 14.7. The van der Waals surface area contributed by atoms with Gasteiger partial charge in [-0.3, -0.25) is 0 Å². The molecule has 1 aromatic rings. The Morgan fingerprint density at radius 2 is 1.53 bits per heavy atom. The topological polar surface area (TPSA) is 47.3 Å². The fourth-order valence-corrected chi connectivity index (χ4v) is 1.08. The van der Waals surface area contributed by atoms with Gasteiger partial charge in [0.25, 0.3) is 9.05 Å². The first kappa shape index (κ1) is 16.4. The van der Waals surface area contributed by atoms with Crippen molar-refractivity contribution in [3.63, 3.8) is 0 Å². The first-order valence-electron chi connectivity index (χ1n) is 2.93. The summed E-state index contributed by atoms with van der Waals surface area (Å²) in [4.78, 5) is 0. The van der Waals surface area contributed by atoms with Gasteiger partial charge in [-0.2, -0.15) is 0 Å². The van der Waals surface area contributed by atoms with E-state index in [2.05, 4.69) is 4.42 Å². The molecule has 0 aromatic carbocycles. The fraction of sp³-hybridized carbons (Fsp3) is 0. The molecule has 0 atom stereocenters. The standard InChI is InChI=1S/C4H3ClO3S.Cl5P/c5-9(6,7)4-2-1-3-8-4;1-6(2,3,4)5/h1-3H;. The van der Waals surface area contributed by atoms with Crippen molar-refractivity contribution >= 4 is 79.3 Å². The molecule has 1 rings (SSSR count). The molecule has 1 aromatic heterocycles. The summed E-state index contributed by atoms with van der Waals surface area (Å²) in [6.45, 7) is 0. The molecular weight excluding hydrogens is 372 g/mol. The Morgan fingerprint density at radius 3 is 1.67 bits per heavy atom. The van der Waals surface area contributed by atoms with Gasteiger partial charge in [0, 0.05) is 10.7 Å². The molecule has 15 heavy (non-hydrogen) atoms. The molecule has 0 spiro atoms. The molecular formula is C4H3Cl6O3PS. The number of hydrogen-bond acceptors (Lipinski definition) is 3. The zero-order valence-corrected chi connectivity index (χ0v) is 12.8. The second-order valence-corrected chi connectivity index (χ2v) is 21.1. The molecule has 0 N–H and O–H groups in total. The molecule has 0 aliphatic heterocycles. The van der Waals surface area contributed by atoms with Crippen LogP contribution in [-0.4, -0.2) is 8.42 Å². The van der Waals surface area contributed by atoms with E-state index in [-0.39, 0.29) is 5.09 Å². The van der Waals surface area contributed by atoms with E-state index in [0.29, 0.717) is 0 Å². The van der Waals surface area contributed by atoms with E-state index >= 15 is 0 Å². The molecule has 90 valence electrons. The molecule has 3 nitrogen and oxygen atoms in total. The first-order valence-corrected chi connectivity index (χ1v) is 12.0. The number of rotatable bonds is 1. The van der Waals surface area contributed by atoms with E-state index in [9.17, 15) is 8.42 Å². The monoisotopic (exact) mass is 372 g/mol. The first-order chi connectivity index (χ1) is 6.34. The van der Waals surface area contributed by atoms with Crippen LogP contribution in [0.25, 0.3) is 0 Å². The van der Waals surface area contributed by atoms with Crippen LogP contribution in [0.4, 0.5) is 0 Å². The van der Waals surface area contributed by atoms with Crippen molar-refractivity contribution in [1.82, 2.24) is 0 Å². The summed E-state index contributed by atoms with van der Waals surface area (Å²) in [6, 6.07) is 2.73. The smallest absolute Gasteiger partial charge is 0.294 e. The van der Waals surface area contributed by atoms with Gasteiger partial charge in [0.1, 0.15) is 0 Å². The van der Waals surface area contributed by atoms with Gasteiger partial charge in [-0.25, -0.2) is 8.42 Å². The molecule has 0 unspecified atom stereocenters. The van der Waals surface area contributed by atoms with Crippen LogP contribution in [-0.2, 0) is 9.05 Å². The summed E-state index contributed by atoms with van der Waals surface area (Å²) in [7, 11) is 1.22. The van der Waals surface area contributed by atoms with E-state index in [0.717, 1.165) is 0 Å². The van der Waals surface area contributed by atoms with E-state index in [1.54, 1.807) is 0 Å². The van der Waals surface area contributed by atoms with Gasteiger partial charge in [-0.1, -0.05) is 0 Å². The molecule has 0 aliphatic rings. The van der Waals surface area contributed by atoms with Gasteiger partial charge >= 0.3 is 59.6 Å². The van der Waals surface area contributed by atoms with Crippen LogP contribution in [0.15, 0.2) is 27.9 Å². The second-order valence-electron chi connectivity index (χ2n) is 2.01. The van der Waals surface area contributed by atoms with E-state index in [1.807, 2.05) is 0 Å². The fourth-order valence-electron chi connectivity index (χ4n) is 0.402. The maximum atomic E-state index is 10.4. The zero-order valence-electron chi connectivity index (χ0n) is 6.58. The van der Waals surface area contributed by atoms with Gasteiger partial charge in [-0.05, 0) is 12.1 Å². The van der Waals surface area contributed by atoms with Crippen molar-refractivity contribution < 1.29 is 12.8 Å². The minimum absolute atomic E-state index is 0.218. The van der Waals surface area contributed by atoms with E-state index in [4.69, 9.17) is 66.9 Å². The van der Waals surface area contributed by atoms with Crippen molar-refractivity contribution in [2.45, 2.75) is 5.09 Å². The Balaban J connectivity index is 0.000000288. The Morgan fingerprint density at radius 1 is 1.13 bits per heavy atom. The SMILES string of the molecule is ClP(Cl)(Cl)(Cl)Cl.O=S(=O)(Cl)c1ccco1. The quantitative estimate of drug-likeness (QED) is 0.480. The van der Waals surface area contributed by atoms with E-state index < -0.39 is 12.4 Å². The van der Waals surface area contributed by atoms with Crippen LogP contribution in [0.2, 0.25) is 0 Å². The van der Waals surface area contributed by atoms with Crippen LogP contribution in [0.1, 0.15) is 0 Å². The molecule has 0 saturated carbocycles.